The molecule has 0 rings (SSSR count). The van der Waals surface area contributed by atoms with Crippen LogP contribution in [0.4, 0.5) is 26.3 Å². The van der Waals surface area contributed by atoms with Crippen LogP contribution in [-0.4, -0.2) is 50.1 Å². The number of esters is 4. The zero-order valence-electron chi connectivity index (χ0n) is 12.1. The van der Waals surface area contributed by atoms with Gasteiger partial charge in [-0.3, -0.25) is 28.0 Å². The first kappa shape index (κ1) is 24.1. The normalized spacial score (nSPS) is 10.0. The van der Waals surface area contributed by atoms with Gasteiger partial charge in [0.2, 0.25) is 12.9 Å². The Kier molecular flexibility index (Phi) is 14.5. The Labute approximate surface area is 132 Å². The predicted octanol–water partition coefficient (Wildman–Crippen LogP) is 2.14. The van der Waals surface area contributed by atoms with Gasteiger partial charge in [0.15, 0.2) is 0 Å². The summed E-state index contributed by atoms with van der Waals surface area (Å²) in [5.74, 6) is -4.90. The van der Waals surface area contributed by atoms with Crippen molar-refractivity contribution in [1.82, 2.24) is 0 Å². The monoisotopic (exact) mass is 368 g/mol. The summed E-state index contributed by atoms with van der Waals surface area (Å²) in [5.41, 5.74) is 0. The van der Waals surface area contributed by atoms with Crippen LogP contribution in [0.25, 0.3) is 0 Å². The highest BCUT2D eigenvalue weighted by atomic mass is 19.3. The molecule has 0 N–H and O–H groups in total. The van der Waals surface area contributed by atoms with Crippen molar-refractivity contribution in [2.75, 3.05) is 13.3 Å². The minimum Gasteiger partial charge on any atom is -0.393 e. The van der Waals surface area contributed by atoms with Crippen LogP contribution in [0.2, 0.25) is 0 Å². The second-order valence-electron chi connectivity index (χ2n) is 3.76. The molecule has 140 valence electrons. The van der Waals surface area contributed by atoms with Crippen LogP contribution < -0.4 is 0 Å². The van der Waals surface area contributed by atoms with Gasteiger partial charge < -0.3 is 9.47 Å². The lowest BCUT2D eigenvalue weighted by molar-refractivity contribution is -0.163. The average molecular weight is 368 g/mol. The Morgan fingerprint density at radius 1 is 0.625 bits per heavy atom. The lowest BCUT2D eigenvalue weighted by Gasteiger charge is -2.01. The van der Waals surface area contributed by atoms with E-state index >= 15 is 0 Å². The first-order valence-electron chi connectivity index (χ1n) is 6.27. The molecule has 0 aliphatic carbocycles. The second kappa shape index (κ2) is 14.5. The standard InChI is InChI=1S/C6H6F4O3.C6H8F2O3/c7-3(8)1-5(11)13-6(12)2-4(9)10;7-3-1-5(9)11-6(10)2-4-8/h3-4H,1-2H2;1-4H2. The molecule has 0 aliphatic heterocycles. The molecule has 0 atom stereocenters. The van der Waals surface area contributed by atoms with E-state index < -0.39 is 75.8 Å². The molecule has 0 spiro atoms. The van der Waals surface area contributed by atoms with Gasteiger partial charge in [-0.2, -0.15) is 0 Å². The van der Waals surface area contributed by atoms with Gasteiger partial charge in [-0.15, -0.1) is 0 Å². The number of alkyl halides is 6. The highest BCUT2D eigenvalue weighted by molar-refractivity contribution is 5.86. The molecule has 0 aromatic heterocycles. The molecule has 0 aromatic rings. The van der Waals surface area contributed by atoms with E-state index in [1.54, 1.807) is 0 Å². The molecule has 6 nitrogen and oxygen atoms in total. The van der Waals surface area contributed by atoms with Crippen molar-refractivity contribution in [1.29, 1.82) is 0 Å². The number of hydrogen-bond donors (Lipinski definition) is 0. The van der Waals surface area contributed by atoms with E-state index in [0.717, 1.165) is 0 Å². The summed E-state index contributed by atoms with van der Waals surface area (Å²) in [6, 6.07) is 0. The van der Waals surface area contributed by atoms with Gasteiger partial charge in [0.1, 0.15) is 12.8 Å². The number of halogens is 6. The fourth-order valence-corrected chi connectivity index (χ4v) is 0.846. The third-order valence-corrected chi connectivity index (χ3v) is 1.69. The van der Waals surface area contributed by atoms with Crippen LogP contribution >= 0.6 is 0 Å². The Morgan fingerprint density at radius 3 is 1.17 bits per heavy atom. The Morgan fingerprint density at radius 2 is 0.917 bits per heavy atom. The van der Waals surface area contributed by atoms with Gasteiger partial charge in [0, 0.05) is 0 Å². The highest BCUT2D eigenvalue weighted by Crippen LogP contribution is 2.04. The van der Waals surface area contributed by atoms with Crippen LogP contribution in [0, 0.1) is 0 Å². The highest BCUT2D eigenvalue weighted by Gasteiger charge is 2.18. The van der Waals surface area contributed by atoms with E-state index in [9.17, 15) is 45.5 Å². The zero-order valence-corrected chi connectivity index (χ0v) is 12.1. The number of carbonyl (C=O) groups is 4. The lowest BCUT2D eigenvalue weighted by atomic mass is 10.4. The number of ether oxygens (including phenoxy) is 2. The maximum atomic E-state index is 11.4. The maximum Gasteiger partial charge on any atom is 0.319 e. The van der Waals surface area contributed by atoms with Crippen LogP contribution in [0.3, 0.4) is 0 Å². The molecule has 0 radical (unpaired) electrons. The lowest BCUT2D eigenvalue weighted by Crippen LogP contribution is -2.16. The molecule has 0 fully saturated rings. The van der Waals surface area contributed by atoms with Gasteiger partial charge in [0.25, 0.3) is 0 Å². The van der Waals surface area contributed by atoms with Crippen LogP contribution in [0.5, 0.6) is 0 Å². The van der Waals surface area contributed by atoms with Gasteiger partial charge in [0.05, 0.1) is 26.2 Å². The molecular formula is C12H14F6O6. The van der Waals surface area contributed by atoms with Gasteiger partial charge in [-0.25, -0.2) is 17.6 Å². The Hall–Kier alpha value is -2.14. The van der Waals surface area contributed by atoms with Crippen molar-refractivity contribution in [2.45, 2.75) is 38.5 Å². The molecule has 12 heteroatoms. The topological polar surface area (TPSA) is 86.7 Å². The third-order valence-electron chi connectivity index (χ3n) is 1.69. The molecule has 0 heterocycles. The fourth-order valence-electron chi connectivity index (χ4n) is 0.846. The summed E-state index contributed by atoms with van der Waals surface area (Å²) in [5, 5.41) is 0. The van der Waals surface area contributed by atoms with Crippen molar-refractivity contribution in [3.8, 4) is 0 Å². The van der Waals surface area contributed by atoms with E-state index in [1.807, 2.05) is 0 Å². The van der Waals surface area contributed by atoms with Gasteiger partial charge >= 0.3 is 23.9 Å². The van der Waals surface area contributed by atoms with Gasteiger partial charge in [-0.1, -0.05) is 0 Å². The third kappa shape index (κ3) is 17.9. The SMILES string of the molecule is O=C(CC(F)F)OC(=O)CC(F)F.O=C(CCF)OC(=O)CCF. The summed E-state index contributed by atoms with van der Waals surface area (Å²) < 4.78 is 76.1. The quantitative estimate of drug-likeness (QED) is 0.371. The summed E-state index contributed by atoms with van der Waals surface area (Å²) in [7, 11) is 0. The molecule has 24 heavy (non-hydrogen) atoms. The largest absolute Gasteiger partial charge is 0.393 e. The first-order valence-corrected chi connectivity index (χ1v) is 6.27. The van der Waals surface area contributed by atoms with E-state index in [-0.39, 0.29) is 0 Å². The summed E-state index contributed by atoms with van der Waals surface area (Å²) in [6.07, 6.45) is -9.36. The van der Waals surface area contributed by atoms with Crippen molar-refractivity contribution >= 4 is 23.9 Å². The number of hydrogen-bond acceptors (Lipinski definition) is 6. The fraction of sp³-hybridized carbons (Fsp3) is 0.667. The van der Waals surface area contributed by atoms with Crippen LogP contribution in [0.1, 0.15) is 25.7 Å². The molecule has 0 saturated heterocycles. The van der Waals surface area contributed by atoms with E-state index in [1.165, 1.54) is 0 Å². The molecule has 0 amide bonds. The number of carbonyl (C=O) groups excluding carboxylic acids is 4. The number of rotatable bonds is 8. The summed E-state index contributed by atoms with van der Waals surface area (Å²) >= 11 is 0. The summed E-state index contributed by atoms with van der Waals surface area (Å²) in [4.78, 5) is 41.2. The molecule has 0 unspecified atom stereocenters. The van der Waals surface area contributed by atoms with Crippen molar-refractivity contribution < 1.29 is 55.0 Å². The minimum atomic E-state index is -2.95. The van der Waals surface area contributed by atoms with E-state index in [0.29, 0.717) is 0 Å². The molecule has 0 saturated carbocycles. The van der Waals surface area contributed by atoms with Gasteiger partial charge in [-0.05, 0) is 0 Å². The van der Waals surface area contributed by atoms with Crippen LogP contribution in [0.15, 0.2) is 0 Å². The minimum absolute atomic E-state index is 0.460. The predicted molar refractivity (Wildman–Crippen MR) is 64.6 cm³/mol. The Bertz CT molecular complexity index is 379. The van der Waals surface area contributed by atoms with E-state index in [2.05, 4.69) is 9.47 Å². The Balaban J connectivity index is 0. The molecule has 0 aromatic carbocycles. The second-order valence-corrected chi connectivity index (χ2v) is 3.76. The smallest absolute Gasteiger partial charge is 0.319 e. The average Bonchev–Trinajstić information content (AvgIpc) is 2.37. The first-order chi connectivity index (χ1) is 11.1. The van der Waals surface area contributed by atoms with Crippen molar-refractivity contribution in [3.63, 3.8) is 0 Å². The summed E-state index contributed by atoms with van der Waals surface area (Å²) in [6.45, 7) is -1.75. The zero-order chi connectivity index (χ0) is 19.1. The van der Waals surface area contributed by atoms with Crippen molar-refractivity contribution in [2.24, 2.45) is 0 Å². The maximum absolute atomic E-state index is 11.4. The molecule has 0 bridgehead atoms. The molecule has 0 aliphatic rings. The van der Waals surface area contributed by atoms with E-state index in [4.69, 9.17) is 0 Å². The van der Waals surface area contributed by atoms with Crippen LogP contribution in [-0.2, 0) is 28.7 Å². The molecular weight excluding hydrogens is 354 g/mol. The van der Waals surface area contributed by atoms with Crippen molar-refractivity contribution in [3.05, 3.63) is 0 Å².